The summed E-state index contributed by atoms with van der Waals surface area (Å²) in [7, 11) is -3.95. The summed E-state index contributed by atoms with van der Waals surface area (Å²) in [5.41, 5.74) is 6.06. The Morgan fingerprint density at radius 2 is 1.50 bits per heavy atom. The predicted molar refractivity (Wildman–Crippen MR) is 106 cm³/mol. The molecule has 2 rings (SSSR count). The quantitative estimate of drug-likeness (QED) is 0.645. The highest BCUT2D eigenvalue weighted by molar-refractivity contribution is 7.92. The van der Waals surface area contributed by atoms with Gasteiger partial charge in [0.2, 0.25) is 5.91 Å². The van der Waals surface area contributed by atoms with Crippen LogP contribution in [0.5, 0.6) is 0 Å². The van der Waals surface area contributed by atoms with Gasteiger partial charge in [0.25, 0.3) is 10.0 Å². The van der Waals surface area contributed by atoms with Gasteiger partial charge < -0.3 is 11.1 Å². The van der Waals surface area contributed by atoms with Crippen LogP contribution in [-0.2, 0) is 14.8 Å². The summed E-state index contributed by atoms with van der Waals surface area (Å²) < 4.78 is 27.4. The van der Waals surface area contributed by atoms with Crippen LogP contribution in [0.1, 0.15) is 20.8 Å². The monoisotopic (exact) mass is 415 g/mol. The molecule has 0 heterocycles. The van der Waals surface area contributed by atoms with E-state index in [-0.39, 0.29) is 26.5 Å². The third-order valence-electron chi connectivity index (χ3n) is 3.42. The van der Waals surface area contributed by atoms with Crippen LogP contribution in [0.3, 0.4) is 0 Å². The largest absolute Gasteiger partial charge is 0.398 e. The SMILES string of the molecule is CC(C)(C)C(=O)Nc1ccc(NS(=O)(=O)c2cc(Cl)c(Cl)cc2N)cc1. The lowest BCUT2D eigenvalue weighted by Crippen LogP contribution is -2.27. The summed E-state index contributed by atoms with van der Waals surface area (Å²) in [4.78, 5) is 11.8. The Morgan fingerprint density at radius 1 is 1.00 bits per heavy atom. The Bertz CT molecular complexity index is 937. The maximum atomic E-state index is 12.5. The zero-order valence-corrected chi connectivity index (χ0v) is 16.8. The van der Waals surface area contributed by atoms with Gasteiger partial charge in [-0.05, 0) is 36.4 Å². The predicted octanol–water partition coefficient (Wildman–Crippen LogP) is 4.36. The topological polar surface area (TPSA) is 101 Å². The Morgan fingerprint density at radius 3 is 2.04 bits per heavy atom. The number of amides is 1. The van der Waals surface area contributed by atoms with Crippen molar-refractivity contribution in [3.05, 3.63) is 46.4 Å². The van der Waals surface area contributed by atoms with E-state index in [4.69, 9.17) is 28.9 Å². The van der Waals surface area contributed by atoms with E-state index in [9.17, 15) is 13.2 Å². The third kappa shape index (κ3) is 4.81. The number of hydrogen-bond donors (Lipinski definition) is 3. The van der Waals surface area contributed by atoms with Gasteiger partial charge in [0.1, 0.15) is 4.90 Å². The molecule has 9 heteroatoms. The number of halogens is 2. The molecule has 1 amide bonds. The molecule has 0 spiro atoms. The van der Waals surface area contributed by atoms with Crippen molar-refractivity contribution in [3.63, 3.8) is 0 Å². The van der Waals surface area contributed by atoms with Crippen molar-refractivity contribution in [2.45, 2.75) is 25.7 Å². The maximum Gasteiger partial charge on any atom is 0.263 e. The summed E-state index contributed by atoms with van der Waals surface area (Å²) in [6, 6.07) is 8.73. The summed E-state index contributed by atoms with van der Waals surface area (Å²) in [5.74, 6) is -0.144. The number of nitrogens with one attached hydrogen (secondary N) is 2. The Kier molecular flexibility index (Phi) is 5.75. The van der Waals surface area contributed by atoms with E-state index in [1.54, 1.807) is 32.9 Å². The molecule has 0 saturated heterocycles. The van der Waals surface area contributed by atoms with Gasteiger partial charge in [-0.25, -0.2) is 8.42 Å². The first-order valence-electron chi connectivity index (χ1n) is 7.59. The van der Waals surface area contributed by atoms with Crippen molar-refractivity contribution in [2.75, 3.05) is 15.8 Å². The Labute approximate surface area is 162 Å². The molecule has 4 N–H and O–H groups in total. The number of sulfonamides is 1. The molecule has 0 unspecified atom stereocenters. The lowest BCUT2D eigenvalue weighted by molar-refractivity contribution is -0.123. The summed E-state index contributed by atoms with van der Waals surface area (Å²) in [5, 5.41) is 3.01. The zero-order valence-electron chi connectivity index (χ0n) is 14.4. The van der Waals surface area contributed by atoms with Crippen molar-refractivity contribution in [2.24, 2.45) is 5.41 Å². The highest BCUT2D eigenvalue weighted by Gasteiger charge is 2.22. The molecule has 0 aromatic heterocycles. The van der Waals surface area contributed by atoms with Gasteiger partial charge in [-0.15, -0.1) is 0 Å². The van der Waals surface area contributed by atoms with Gasteiger partial charge in [0.15, 0.2) is 0 Å². The molecule has 0 bridgehead atoms. The fraction of sp³-hybridized carbons (Fsp3) is 0.235. The minimum atomic E-state index is -3.95. The third-order valence-corrected chi connectivity index (χ3v) is 5.58. The van der Waals surface area contributed by atoms with Crippen LogP contribution >= 0.6 is 23.2 Å². The van der Waals surface area contributed by atoms with E-state index >= 15 is 0 Å². The van der Waals surface area contributed by atoms with Crippen molar-refractivity contribution >= 4 is 56.2 Å². The highest BCUT2D eigenvalue weighted by Crippen LogP contribution is 2.31. The fourth-order valence-corrected chi connectivity index (χ4v) is 3.53. The number of anilines is 3. The van der Waals surface area contributed by atoms with E-state index in [2.05, 4.69) is 10.0 Å². The molecule has 0 aliphatic heterocycles. The number of nitrogens with two attached hydrogens (primary N) is 1. The average Bonchev–Trinajstić information content (AvgIpc) is 2.51. The van der Waals surface area contributed by atoms with Gasteiger partial charge in [-0.3, -0.25) is 9.52 Å². The molecule has 140 valence electrons. The average molecular weight is 416 g/mol. The summed E-state index contributed by atoms with van der Waals surface area (Å²) >= 11 is 11.7. The number of carbonyl (C=O) groups excluding carboxylic acids is 1. The van der Waals surface area contributed by atoms with Crippen LogP contribution in [0.4, 0.5) is 17.1 Å². The second kappa shape index (κ2) is 7.34. The van der Waals surface area contributed by atoms with Crippen LogP contribution in [-0.4, -0.2) is 14.3 Å². The van der Waals surface area contributed by atoms with Crippen LogP contribution in [0, 0.1) is 5.41 Å². The molecule has 0 atom stereocenters. The van der Waals surface area contributed by atoms with Crippen molar-refractivity contribution < 1.29 is 13.2 Å². The normalized spacial score (nSPS) is 11.9. The van der Waals surface area contributed by atoms with Gasteiger partial charge in [-0.2, -0.15) is 0 Å². The van der Waals surface area contributed by atoms with Crippen LogP contribution in [0.2, 0.25) is 10.0 Å². The molecular formula is C17H19Cl2N3O3S. The molecule has 0 saturated carbocycles. The Balaban J connectivity index is 2.21. The molecule has 6 nitrogen and oxygen atoms in total. The molecule has 2 aromatic rings. The first-order chi connectivity index (χ1) is 11.9. The van der Waals surface area contributed by atoms with Crippen LogP contribution in [0.25, 0.3) is 0 Å². The van der Waals surface area contributed by atoms with Gasteiger partial charge >= 0.3 is 0 Å². The number of benzene rings is 2. The molecule has 0 radical (unpaired) electrons. The first kappa shape index (κ1) is 20.4. The van der Waals surface area contributed by atoms with Crippen molar-refractivity contribution in [1.29, 1.82) is 0 Å². The lowest BCUT2D eigenvalue weighted by Gasteiger charge is -2.18. The number of carbonyl (C=O) groups is 1. The van der Waals surface area contributed by atoms with Gasteiger partial charge in [0.05, 0.1) is 15.7 Å². The lowest BCUT2D eigenvalue weighted by atomic mass is 9.95. The van der Waals surface area contributed by atoms with Crippen LogP contribution < -0.4 is 15.8 Å². The summed E-state index contributed by atoms with van der Waals surface area (Å²) in [6.07, 6.45) is 0. The van der Waals surface area contributed by atoms with Crippen molar-refractivity contribution in [3.8, 4) is 0 Å². The Hall–Kier alpha value is -1.96. The second-order valence-corrected chi connectivity index (χ2v) is 9.16. The molecule has 2 aromatic carbocycles. The smallest absolute Gasteiger partial charge is 0.263 e. The number of hydrogen-bond acceptors (Lipinski definition) is 4. The van der Waals surface area contributed by atoms with E-state index < -0.39 is 15.4 Å². The number of rotatable bonds is 4. The minimum absolute atomic E-state index is 0.0130. The molecule has 0 fully saturated rings. The van der Waals surface area contributed by atoms with Gasteiger partial charge in [0, 0.05) is 16.8 Å². The highest BCUT2D eigenvalue weighted by atomic mass is 35.5. The maximum absolute atomic E-state index is 12.5. The minimum Gasteiger partial charge on any atom is -0.398 e. The van der Waals surface area contributed by atoms with Crippen LogP contribution in [0.15, 0.2) is 41.3 Å². The molecular weight excluding hydrogens is 397 g/mol. The van der Waals surface area contributed by atoms with E-state index in [1.807, 2.05) is 0 Å². The standard InChI is InChI=1S/C17H19Cl2N3O3S/c1-17(2,3)16(23)21-10-4-6-11(7-5-10)22-26(24,25)15-9-13(19)12(18)8-14(15)20/h4-9,22H,20H2,1-3H3,(H,21,23). The molecule has 26 heavy (non-hydrogen) atoms. The zero-order chi connectivity index (χ0) is 19.7. The molecule has 0 aliphatic rings. The fourth-order valence-electron chi connectivity index (χ4n) is 1.93. The van der Waals surface area contributed by atoms with E-state index in [1.165, 1.54) is 24.3 Å². The molecule has 0 aliphatic carbocycles. The second-order valence-electron chi connectivity index (χ2n) is 6.69. The van der Waals surface area contributed by atoms with E-state index in [0.29, 0.717) is 11.4 Å². The van der Waals surface area contributed by atoms with Gasteiger partial charge in [-0.1, -0.05) is 44.0 Å². The van der Waals surface area contributed by atoms with Crippen molar-refractivity contribution in [1.82, 2.24) is 0 Å². The van der Waals surface area contributed by atoms with E-state index in [0.717, 1.165) is 0 Å². The first-order valence-corrected chi connectivity index (χ1v) is 9.83. The number of nitrogen functional groups attached to an aromatic ring is 1. The summed E-state index contributed by atoms with van der Waals surface area (Å²) in [6.45, 7) is 5.39.